The molecule has 0 radical (unpaired) electrons. The molecule has 3 rings (SSSR count). The molecule has 1 heterocycles. The van der Waals surface area contributed by atoms with Gasteiger partial charge in [0.15, 0.2) is 11.5 Å². The van der Waals surface area contributed by atoms with E-state index in [1.54, 1.807) is 42.5 Å². The van der Waals surface area contributed by atoms with Crippen LogP contribution in [0.1, 0.15) is 27.2 Å². The minimum atomic E-state index is -0.496. The number of carbonyl (C=O) groups is 2. The molecule has 172 valence electrons. The van der Waals surface area contributed by atoms with E-state index >= 15 is 0 Å². The monoisotopic (exact) mass is 450 g/mol. The summed E-state index contributed by atoms with van der Waals surface area (Å²) in [5.41, 5.74) is 2.08. The highest BCUT2D eigenvalue weighted by Crippen LogP contribution is 2.39. The van der Waals surface area contributed by atoms with Gasteiger partial charge < -0.3 is 29.3 Å². The van der Waals surface area contributed by atoms with Crippen molar-refractivity contribution in [3.63, 3.8) is 0 Å². The number of methoxy groups -OCH3 is 3. The van der Waals surface area contributed by atoms with Gasteiger partial charge in [0.2, 0.25) is 5.75 Å². The van der Waals surface area contributed by atoms with E-state index in [1.165, 1.54) is 33.7 Å². The summed E-state index contributed by atoms with van der Waals surface area (Å²) in [6, 6.07) is 14.0. The Balaban J connectivity index is 1.82. The van der Waals surface area contributed by atoms with E-state index in [1.807, 2.05) is 13.0 Å². The Bertz CT molecular complexity index is 1150. The Labute approximate surface area is 192 Å². The van der Waals surface area contributed by atoms with Gasteiger partial charge >= 0.3 is 0 Å². The fraction of sp³-hybridized carbons (Fsp3) is 0.200. The van der Waals surface area contributed by atoms with Gasteiger partial charge in [-0.15, -0.1) is 0 Å². The van der Waals surface area contributed by atoms with Gasteiger partial charge in [-0.1, -0.05) is 17.7 Å². The minimum Gasteiger partial charge on any atom is -0.493 e. The summed E-state index contributed by atoms with van der Waals surface area (Å²) in [6.45, 7) is 2.01. The van der Waals surface area contributed by atoms with E-state index in [4.69, 9.17) is 18.6 Å². The quantitative estimate of drug-likeness (QED) is 0.483. The minimum absolute atomic E-state index is 0.0379. The summed E-state index contributed by atoms with van der Waals surface area (Å²) >= 11 is 0. The molecule has 2 aromatic carbocycles. The van der Waals surface area contributed by atoms with Crippen molar-refractivity contribution < 1.29 is 28.2 Å². The van der Waals surface area contributed by atoms with Crippen LogP contribution in [0.2, 0.25) is 0 Å². The standard InChI is InChI=1S/C25H26N2O6/c1-16-7-5-8-17(13-16)24(28)27-20(14-19-9-6-12-33-19)25(29)26-15-18-10-11-21(30-2)23(32-4)22(18)31-3/h5-14H,15H2,1-4H3,(H,26,29)(H,27,28)/b20-14-. The Morgan fingerprint density at radius 3 is 2.39 bits per heavy atom. The predicted octanol–water partition coefficient (Wildman–Crippen LogP) is 3.70. The molecule has 0 aliphatic carbocycles. The fourth-order valence-electron chi connectivity index (χ4n) is 3.23. The highest BCUT2D eigenvalue weighted by molar-refractivity contribution is 6.05. The Morgan fingerprint density at radius 2 is 1.76 bits per heavy atom. The van der Waals surface area contributed by atoms with E-state index in [-0.39, 0.29) is 12.2 Å². The van der Waals surface area contributed by atoms with Gasteiger partial charge in [0.1, 0.15) is 11.5 Å². The predicted molar refractivity (Wildman–Crippen MR) is 123 cm³/mol. The van der Waals surface area contributed by atoms with Crippen molar-refractivity contribution in [3.05, 3.63) is 82.9 Å². The van der Waals surface area contributed by atoms with Crippen LogP contribution < -0.4 is 24.8 Å². The van der Waals surface area contributed by atoms with Crippen molar-refractivity contribution in [1.82, 2.24) is 10.6 Å². The lowest BCUT2D eigenvalue weighted by Crippen LogP contribution is -2.34. The van der Waals surface area contributed by atoms with Crippen molar-refractivity contribution in [1.29, 1.82) is 0 Å². The maximum absolute atomic E-state index is 13.0. The Hall–Kier alpha value is -4.20. The smallest absolute Gasteiger partial charge is 0.268 e. The first-order chi connectivity index (χ1) is 16.0. The average molecular weight is 450 g/mol. The van der Waals surface area contributed by atoms with Gasteiger partial charge in [0, 0.05) is 23.7 Å². The number of carbonyl (C=O) groups excluding carboxylic acids is 2. The molecule has 0 saturated carbocycles. The summed E-state index contributed by atoms with van der Waals surface area (Å²) in [6.07, 6.45) is 2.95. The number of ether oxygens (including phenoxy) is 3. The van der Waals surface area contributed by atoms with Crippen LogP contribution in [-0.2, 0) is 11.3 Å². The first-order valence-electron chi connectivity index (χ1n) is 10.2. The average Bonchev–Trinajstić information content (AvgIpc) is 3.34. The van der Waals surface area contributed by atoms with Crippen LogP contribution in [0.3, 0.4) is 0 Å². The van der Waals surface area contributed by atoms with E-state index in [2.05, 4.69) is 10.6 Å². The van der Waals surface area contributed by atoms with Gasteiger partial charge in [-0.3, -0.25) is 9.59 Å². The number of amides is 2. The van der Waals surface area contributed by atoms with Gasteiger partial charge in [-0.2, -0.15) is 0 Å². The highest BCUT2D eigenvalue weighted by Gasteiger charge is 2.19. The van der Waals surface area contributed by atoms with Crippen molar-refractivity contribution in [2.24, 2.45) is 0 Å². The third kappa shape index (κ3) is 5.74. The molecule has 0 fully saturated rings. The van der Waals surface area contributed by atoms with Crippen molar-refractivity contribution in [2.75, 3.05) is 21.3 Å². The lowest BCUT2D eigenvalue weighted by molar-refractivity contribution is -0.117. The Morgan fingerprint density at radius 1 is 0.970 bits per heavy atom. The molecule has 33 heavy (non-hydrogen) atoms. The van der Waals surface area contributed by atoms with Crippen LogP contribution in [0, 0.1) is 6.92 Å². The molecule has 0 aliphatic heterocycles. The van der Waals surface area contributed by atoms with Gasteiger partial charge in [0.05, 0.1) is 27.6 Å². The van der Waals surface area contributed by atoms with Gasteiger partial charge in [0.25, 0.3) is 11.8 Å². The zero-order chi connectivity index (χ0) is 23.8. The summed E-state index contributed by atoms with van der Waals surface area (Å²) < 4.78 is 21.5. The Kier molecular flexibility index (Phi) is 7.75. The number of aryl methyl sites for hydroxylation is 1. The molecular weight excluding hydrogens is 424 g/mol. The summed E-state index contributed by atoms with van der Waals surface area (Å²) in [5, 5.41) is 5.48. The number of nitrogens with one attached hydrogen (secondary N) is 2. The molecule has 0 aliphatic rings. The van der Waals surface area contributed by atoms with Crippen LogP contribution in [0.25, 0.3) is 6.08 Å². The maximum atomic E-state index is 13.0. The number of benzene rings is 2. The summed E-state index contributed by atoms with van der Waals surface area (Å²) in [5.74, 6) is 0.893. The lowest BCUT2D eigenvalue weighted by atomic mass is 10.1. The molecule has 0 saturated heterocycles. The number of furan rings is 1. The number of hydrogen-bond donors (Lipinski definition) is 2. The third-order valence-corrected chi connectivity index (χ3v) is 4.83. The topological polar surface area (TPSA) is 99.0 Å². The van der Waals surface area contributed by atoms with Crippen LogP contribution in [-0.4, -0.2) is 33.1 Å². The van der Waals surface area contributed by atoms with Crippen molar-refractivity contribution >= 4 is 17.9 Å². The van der Waals surface area contributed by atoms with Crippen LogP contribution >= 0.6 is 0 Å². The molecule has 0 atom stereocenters. The fourth-order valence-corrected chi connectivity index (χ4v) is 3.23. The molecule has 2 amide bonds. The largest absolute Gasteiger partial charge is 0.493 e. The molecule has 3 aromatic rings. The first-order valence-corrected chi connectivity index (χ1v) is 10.2. The maximum Gasteiger partial charge on any atom is 0.268 e. The first kappa shape index (κ1) is 23.5. The van der Waals surface area contributed by atoms with Crippen LogP contribution in [0.4, 0.5) is 0 Å². The summed E-state index contributed by atoms with van der Waals surface area (Å²) in [7, 11) is 4.54. The SMILES string of the molecule is COc1ccc(CNC(=O)/C(=C/c2ccco2)NC(=O)c2cccc(C)c2)c(OC)c1OC. The summed E-state index contributed by atoms with van der Waals surface area (Å²) in [4.78, 5) is 25.8. The molecular formula is C25H26N2O6. The van der Waals surface area contributed by atoms with E-state index in [0.717, 1.165) is 5.56 Å². The second-order valence-corrected chi connectivity index (χ2v) is 7.07. The van der Waals surface area contributed by atoms with Crippen LogP contribution in [0.15, 0.2) is 64.9 Å². The van der Waals surface area contributed by atoms with E-state index in [9.17, 15) is 9.59 Å². The molecule has 8 heteroatoms. The lowest BCUT2D eigenvalue weighted by Gasteiger charge is -2.16. The van der Waals surface area contributed by atoms with Crippen molar-refractivity contribution in [2.45, 2.75) is 13.5 Å². The van der Waals surface area contributed by atoms with Gasteiger partial charge in [-0.25, -0.2) is 0 Å². The third-order valence-electron chi connectivity index (χ3n) is 4.83. The molecule has 0 spiro atoms. The normalized spacial score (nSPS) is 11.0. The van der Waals surface area contributed by atoms with Crippen LogP contribution in [0.5, 0.6) is 17.2 Å². The molecule has 1 aromatic heterocycles. The van der Waals surface area contributed by atoms with E-state index < -0.39 is 11.8 Å². The highest BCUT2D eigenvalue weighted by atomic mass is 16.5. The second-order valence-electron chi connectivity index (χ2n) is 7.07. The van der Waals surface area contributed by atoms with Gasteiger partial charge in [-0.05, 0) is 43.3 Å². The zero-order valence-electron chi connectivity index (χ0n) is 18.9. The molecule has 0 bridgehead atoms. The zero-order valence-corrected chi connectivity index (χ0v) is 18.9. The number of hydrogen-bond acceptors (Lipinski definition) is 6. The second kappa shape index (κ2) is 10.9. The molecule has 0 unspecified atom stereocenters. The van der Waals surface area contributed by atoms with E-state index in [0.29, 0.717) is 34.1 Å². The number of rotatable bonds is 9. The molecule has 2 N–H and O–H groups in total. The molecule has 8 nitrogen and oxygen atoms in total. The van der Waals surface area contributed by atoms with Crippen molar-refractivity contribution in [3.8, 4) is 17.2 Å².